The number of rotatable bonds is 4. The van der Waals surface area contributed by atoms with Crippen molar-refractivity contribution in [2.75, 3.05) is 7.11 Å². The van der Waals surface area contributed by atoms with Crippen LogP contribution in [0.4, 0.5) is 4.39 Å². The molecule has 1 fully saturated rings. The van der Waals surface area contributed by atoms with Crippen LogP contribution < -0.4 is 4.74 Å². The molecule has 0 aliphatic heterocycles. The van der Waals surface area contributed by atoms with Crippen LogP contribution in [0.1, 0.15) is 34.8 Å². The van der Waals surface area contributed by atoms with E-state index >= 15 is 0 Å². The second kappa shape index (κ2) is 5.12. The van der Waals surface area contributed by atoms with Gasteiger partial charge >= 0.3 is 5.97 Å². The first-order chi connectivity index (χ1) is 10.1. The minimum Gasteiger partial charge on any atom is -0.494 e. The monoisotopic (exact) mass is 288 g/mol. The Morgan fingerprint density at radius 3 is 2.81 bits per heavy atom. The number of benzene rings is 1. The highest BCUT2D eigenvalue weighted by Gasteiger charge is 2.30. The Balaban J connectivity index is 2.06. The largest absolute Gasteiger partial charge is 0.494 e. The van der Waals surface area contributed by atoms with Gasteiger partial charge in [-0.3, -0.25) is 0 Å². The summed E-state index contributed by atoms with van der Waals surface area (Å²) in [5.41, 5.74) is 1.28. The number of aromatic carboxylic acids is 1. The molecular formula is C15H13FN2O3. The fourth-order valence-electron chi connectivity index (χ4n) is 2.17. The fraction of sp³-hybridized carbons (Fsp3) is 0.267. The molecule has 1 aliphatic rings. The van der Waals surface area contributed by atoms with Crippen molar-refractivity contribution < 1.29 is 19.0 Å². The number of hydrogen-bond donors (Lipinski definition) is 1. The number of halogens is 1. The van der Waals surface area contributed by atoms with Crippen LogP contribution in [0.15, 0.2) is 24.4 Å². The molecule has 2 aromatic rings. The Labute approximate surface area is 120 Å². The van der Waals surface area contributed by atoms with E-state index in [1.807, 2.05) is 0 Å². The highest BCUT2D eigenvalue weighted by atomic mass is 19.1. The van der Waals surface area contributed by atoms with Crippen molar-refractivity contribution in [2.45, 2.75) is 18.8 Å². The van der Waals surface area contributed by atoms with E-state index in [2.05, 4.69) is 9.97 Å². The molecule has 1 aromatic heterocycles. The Hall–Kier alpha value is -2.50. The van der Waals surface area contributed by atoms with Gasteiger partial charge in [0.05, 0.1) is 18.4 Å². The van der Waals surface area contributed by atoms with Crippen molar-refractivity contribution in [1.82, 2.24) is 9.97 Å². The number of ether oxygens (including phenoxy) is 1. The van der Waals surface area contributed by atoms with Gasteiger partial charge in [-0.1, -0.05) is 0 Å². The van der Waals surface area contributed by atoms with Crippen LogP contribution in [0.5, 0.6) is 5.75 Å². The molecule has 3 rings (SSSR count). The number of carbonyl (C=O) groups is 1. The van der Waals surface area contributed by atoms with Gasteiger partial charge in [0.1, 0.15) is 0 Å². The molecule has 1 N–H and O–H groups in total. The van der Waals surface area contributed by atoms with Gasteiger partial charge < -0.3 is 9.84 Å². The summed E-state index contributed by atoms with van der Waals surface area (Å²) in [6.07, 6.45) is 3.18. The number of aromatic nitrogens is 2. The van der Waals surface area contributed by atoms with Crippen molar-refractivity contribution in [2.24, 2.45) is 0 Å². The Morgan fingerprint density at radius 2 is 2.19 bits per heavy atom. The van der Waals surface area contributed by atoms with Gasteiger partial charge in [-0.25, -0.2) is 19.2 Å². The third-order valence-corrected chi connectivity index (χ3v) is 3.42. The molecule has 1 aliphatic carbocycles. The predicted molar refractivity (Wildman–Crippen MR) is 72.9 cm³/mol. The molecule has 0 saturated heterocycles. The highest BCUT2D eigenvalue weighted by Crippen LogP contribution is 2.41. The zero-order valence-corrected chi connectivity index (χ0v) is 11.3. The Bertz CT molecular complexity index is 714. The van der Waals surface area contributed by atoms with Crippen LogP contribution >= 0.6 is 0 Å². The smallest absolute Gasteiger partial charge is 0.339 e. The predicted octanol–water partition coefficient (Wildman–Crippen LogP) is 2.87. The quantitative estimate of drug-likeness (QED) is 0.936. The van der Waals surface area contributed by atoms with Crippen LogP contribution in [0.25, 0.3) is 11.4 Å². The average molecular weight is 288 g/mol. The topological polar surface area (TPSA) is 72.3 Å². The first kappa shape index (κ1) is 13.5. The minimum absolute atomic E-state index is 0.103. The van der Waals surface area contributed by atoms with Gasteiger partial charge in [0.15, 0.2) is 17.4 Å². The van der Waals surface area contributed by atoms with Crippen molar-refractivity contribution >= 4 is 5.97 Å². The van der Waals surface area contributed by atoms with Gasteiger partial charge in [-0.05, 0) is 31.0 Å². The molecule has 1 aromatic carbocycles. The van der Waals surface area contributed by atoms with Crippen molar-refractivity contribution in [3.63, 3.8) is 0 Å². The van der Waals surface area contributed by atoms with Gasteiger partial charge in [-0.15, -0.1) is 0 Å². The maximum absolute atomic E-state index is 13.4. The Morgan fingerprint density at radius 1 is 1.43 bits per heavy atom. The van der Waals surface area contributed by atoms with E-state index in [1.54, 1.807) is 6.07 Å². The average Bonchev–Trinajstić information content (AvgIpc) is 3.31. The van der Waals surface area contributed by atoms with E-state index in [1.165, 1.54) is 25.4 Å². The molecule has 5 nitrogen and oxygen atoms in total. The first-order valence-corrected chi connectivity index (χ1v) is 6.54. The molecule has 0 unspecified atom stereocenters. The normalized spacial score (nSPS) is 14.0. The molecule has 0 spiro atoms. The second-order valence-corrected chi connectivity index (χ2v) is 4.92. The molecule has 1 heterocycles. The number of nitrogens with zero attached hydrogens (tertiary/aromatic N) is 2. The van der Waals surface area contributed by atoms with Crippen molar-refractivity contribution in [1.29, 1.82) is 0 Å². The zero-order chi connectivity index (χ0) is 15.0. The summed E-state index contributed by atoms with van der Waals surface area (Å²) in [6.45, 7) is 0. The second-order valence-electron chi connectivity index (χ2n) is 4.92. The van der Waals surface area contributed by atoms with Crippen LogP contribution in [0.2, 0.25) is 0 Å². The SMILES string of the molecule is COc1cc(-c2ncc(C(=O)O)c(C3CC3)n2)ccc1F. The lowest BCUT2D eigenvalue weighted by molar-refractivity contribution is 0.0694. The maximum atomic E-state index is 13.4. The molecule has 0 bridgehead atoms. The minimum atomic E-state index is -1.03. The van der Waals surface area contributed by atoms with Gasteiger partial charge in [-0.2, -0.15) is 0 Å². The van der Waals surface area contributed by atoms with E-state index in [0.717, 1.165) is 12.8 Å². The van der Waals surface area contributed by atoms with E-state index in [9.17, 15) is 14.3 Å². The molecule has 21 heavy (non-hydrogen) atoms. The third-order valence-electron chi connectivity index (χ3n) is 3.42. The van der Waals surface area contributed by atoms with Crippen molar-refractivity contribution in [3.8, 4) is 17.1 Å². The summed E-state index contributed by atoms with van der Waals surface area (Å²) >= 11 is 0. The highest BCUT2D eigenvalue weighted by molar-refractivity contribution is 5.89. The van der Waals surface area contributed by atoms with Gasteiger partial charge in [0.2, 0.25) is 0 Å². The lowest BCUT2D eigenvalue weighted by atomic mass is 10.1. The number of carboxylic acids is 1. The van der Waals surface area contributed by atoms with E-state index in [0.29, 0.717) is 17.1 Å². The lowest BCUT2D eigenvalue weighted by Crippen LogP contribution is -2.06. The summed E-state index contributed by atoms with van der Waals surface area (Å²) in [4.78, 5) is 19.6. The fourth-order valence-corrected chi connectivity index (χ4v) is 2.17. The maximum Gasteiger partial charge on any atom is 0.339 e. The molecule has 0 atom stereocenters. The van der Waals surface area contributed by atoms with Crippen LogP contribution in [0.3, 0.4) is 0 Å². The standard InChI is InChI=1S/C15H13FN2O3/c1-21-12-6-9(4-5-11(12)16)14-17-7-10(15(19)20)13(18-14)8-2-3-8/h4-8H,2-3H2,1H3,(H,19,20). The molecule has 1 saturated carbocycles. The van der Waals surface area contributed by atoms with Gasteiger partial charge in [0.25, 0.3) is 0 Å². The molecular weight excluding hydrogens is 275 g/mol. The summed E-state index contributed by atoms with van der Waals surface area (Å²) in [7, 11) is 1.38. The molecule has 0 radical (unpaired) electrons. The lowest BCUT2D eigenvalue weighted by Gasteiger charge is -2.08. The summed E-state index contributed by atoms with van der Waals surface area (Å²) in [5.74, 6) is -0.835. The molecule has 6 heteroatoms. The first-order valence-electron chi connectivity index (χ1n) is 6.54. The Kier molecular flexibility index (Phi) is 3.29. The summed E-state index contributed by atoms with van der Waals surface area (Å²) in [5, 5.41) is 9.17. The number of methoxy groups -OCH3 is 1. The summed E-state index contributed by atoms with van der Waals surface area (Å²) in [6, 6.07) is 4.32. The third kappa shape index (κ3) is 2.56. The zero-order valence-electron chi connectivity index (χ0n) is 11.3. The number of carboxylic acid groups (broad SMARTS) is 1. The molecule has 0 amide bonds. The van der Waals surface area contributed by atoms with E-state index in [-0.39, 0.29) is 17.2 Å². The van der Waals surface area contributed by atoms with E-state index in [4.69, 9.17) is 4.74 Å². The molecule has 108 valence electrons. The van der Waals surface area contributed by atoms with Gasteiger partial charge in [0, 0.05) is 17.7 Å². The number of hydrogen-bond acceptors (Lipinski definition) is 4. The van der Waals surface area contributed by atoms with Crippen molar-refractivity contribution in [3.05, 3.63) is 41.5 Å². The summed E-state index contributed by atoms with van der Waals surface area (Å²) < 4.78 is 18.4. The van der Waals surface area contributed by atoms with Crippen LogP contribution in [-0.2, 0) is 0 Å². The van der Waals surface area contributed by atoms with Crippen LogP contribution in [0, 0.1) is 5.82 Å². The van der Waals surface area contributed by atoms with E-state index < -0.39 is 11.8 Å². The van der Waals surface area contributed by atoms with Crippen LogP contribution in [-0.4, -0.2) is 28.2 Å².